The van der Waals surface area contributed by atoms with Crippen molar-refractivity contribution in [2.45, 2.75) is 6.92 Å². The molecule has 0 saturated carbocycles. The van der Waals surface area contributed by atoms with Crippen LogP contribution in [-0.2, 0) is 0 Å². The average Bonchev–Trinajstić information content (AvgIpc) is 1.59. The Labute approximate surface area is 53.2 Å². The topological polar surface area (TPSA) is 12.0 Å². The molecule has 0 spiro atoms. The summed E-state index contributed by atoms with van der Waals surface area (Å²) in [6, 6.07) is 0. The molecule has 0 unspecified atom stereocenters. The van der Waals surface area contributed by atoms with Gasteiger partial charge >= 0.3 is 0 Å². The van der Waals surface area contributed by atoms with Crippen molar-refractivity contribution in [2.24, 2.45) is 0 Å². The summed E-state index contributed by atoms with van der Waals surface area (Å²) in [5.74, 6) is 0. The van der Waals surface area contributed by atoms with Gasteiger partial charge in [-0.1, -0.05) is 6.92 Å². The summed E-state index contributed by atoms with van der Waals surface area (Å²) >= 11 is 0. The number of hydrogen-bond acceptors (Lipinski definition) is 1. The van der Waals surface area contributed by atoms with Gasteiger partial charge in [-0.05, 0) is 6.54 Å². The van der Waals surface area contributed by atoms with E-state index in [0.717, 1.165) is 6.54 Å². The standard InChI is InChI=1S/C6H17NP/c1-5-7-6-8(2,3)4/h7H,5-6H2,1-4H3/q+1. The van der Waals surface area contributed by atoms with Crippen molar-refractivity contribution < 1.29 is 0 Å². The van der Waals surface area contributed by atoms with Gasteiger partial charge in [-0.3, -0.25) is 5.32 Å². The lowest BCUT2D eigenvalue weighted by atomic mass is 10.8. The van der Waals surface area contributed by atoms with E-state index in [1.54, 1.807) is 0 Å². The predicted molar refractivity (Wildman–Crippen MR) is 43.2 cm³/mol. The van der Waals surface area contributed by atoms with Crippen LogP contribution in [0, 0.1) is 0 Å². The zero-order chi connectivity index (χ0) is 6.62. The molecule has 2 heteroatoms. The van der Waals surface area contributed by atoms with Crippen LogP contribution >= 0.6 is 7.26 Å². The molecule has 1 N–H and O–H groups in total. The number of rotatable bonds is 3. The van der Waals surface area contributed by atoms with Gasteiger partial charge < -0.3 is 0 Å². The van der Waals surface area contributed by atoms with Crippen molar-refractivity contribution in [1.29, 1.82) is 0 Å². The van der Waals surface area contributed by atoms with Crippen molar-refractivity contribution in [3.8, 4) is 0 Å². The van der Waals surface area contributed by atoms with Crippen LogP contribution in [0.15, 0.2) is 0 Å². The van der Waals surface area contributed by atoms with Crippen molar-refractivity contribution >= 4 is 7.26 Å². The minimum atomic E-state index is -0.543. The van der Waals surface area contributed by atoms with Gasteiger partial charge in [0.1, 0.15) is 6.29 Å². The summed E-state index contributed by atoms with van der Waals surface area (Å²) < 4.78 is 0. The monoisotopic (exact) mass is 134 g/mol. The van der Waals surface area contributed by atoms with E-state index in [1.807, 2.05) is 0 Å². The molecule has 1 nitrogen and oxygen atoms in total. The molecule has 0 aromatic carbocycles. The largest absolute Gasteiger partial charge is 0.286 e. The van der Waals surface area contributed by atoms with Gasteiger partial charge in [0.15, 0.2) is 0 Å². The van der Waals surface area contributed by atoms with Crippen LogP contribution in [0.5, 0.6) is 0 Å². The Morgan fingerprint density at radius 3 is 1.88 bits per heavy atom. The first-order chi connectivity index (χ1) is 3.56. The van der Waals surface area contributed by atoms with E-state index < -0.39 is 7.26 Å². The minimum absolute atomic E-state index is 0.543. The quantitative estimate of drug-likeness (QED) is 0.576. The van der Waals surface area contributed by atoms with E-state index in [-0.39, 0.29) is 0 Å². The first-order valence-electron chi connectivity index (χ1n) is 3.07. The van der Waals surface area contributed by atoms with Gasteiger partial charge in [-0.2, -0.15) is 0 Å². The molecular weight excluding hydrogens is 117 g/mol. The van der Waals surface area contributed by atoms with Gasteiger partial charge in [0.25, 0.3) is 0 Å². The molecular formula is C6H17NP+. The fraction of sp³-hybridized carbons (Fsp3) is 1.00. The third-order valence-electron chi connectivity index (χ3n) is 0.836. The molecule has 0 aliphatic heterocycles. The Bertz CT molecular complexity index is 56.0. The summed E-state index contributed by atoms with van der Waals surface area (Å²) in [4.78, 5) is 0. The third kappa shape index (κ3) is 6.39. The maximum Gasteiger partial charge on any atom is 0.108 e. The minimum Gasteiger partial charge on any atom is -0.286 e. The first kappa shape index (κ1) is 8.39. The van der Waals surface area contributed by atoms with Crippen LogP contribution in [0.3, 0.4) is 0 Å². The Balaban J connectivity index is 3.11. The average molecular weight is 134 g/mol. The maximum atomic E-state index is 3.34. The van der Waals surface area contributed by atoms with Crippen LogP contribution in [0.25, 0.3) is 0 Å². The van der Waals surface area contributed by atoms with Gasteiger partial charge in [-0.25, -0.2) is 0 Å². The van der Waals surface area contributed by atoms with Crippen molar-refractivity contribution in [1.82, 2.24) is 5.32 Å². The normalized spacial score (nSPS) is 12.0. The van der Waals surface area contributed by atoms with Crippen LogP contribution in [0.2, 0.25) is 0 Å². The Morgan fingerprint density at radius 1 is 1.25 bits per heavy atom. The highest BCUT2D eigenvalue weighted by atomic mass is 31.2. The second-order valence-corrected chi connectivity index (χ2v) is 7.95. The van der Waals surface area contributed by atoms with Crippen molar-refractivity contribution in [2.75, 3.05) is 32.8 Å². The summed E-state index contributed by atoms with van der Waals surface area (Å²) in [5, 5.41) is 3.34. The molecule has 0 radical (unpaired) electrons. The number of hydrogen-bond donors (Lipinski definition) is 1. The van der Waals surface area contributed by atoms with E-state index >= 15 is 0 Å². The highest BCUT2D eigenvalue weighted by molar-refractivity contribution is 7.73. The molecule has 8 heavy (non-hydrogen) atoms. The molecule has 0 heterocycles. The second kappa shape index (κ2) is 3.42. The molecule has 0 aromatic heterocycles. The first-order valence-corrected chi connectivity index (χ1v) is 6.39. The summed E-state index contributed by atoms with van der Waals surface area (Å²) in [7, 11) is -0.543. The summed E-state index contributed by atoms with van der Waals surface area (Å²) in [6.07, 6.45) is 1.23. The summed E-state index contributed by atoms with van der Waals surface area (Å²) in [5.41, 5.74) is 0. The molecule has 0 atom stereocenters. The van der Waals surface area contributed by atoms with Gasteiger partial charge in [0, 0.05) is 27.3 Å². The fourth-order valence-electron chi connectivity index (χ4n) is 0.447. The van der Waals surface area contributed by atoms with E-state index in [2.05, 4.69) is 32.2 Å². The lowest BCUT2D eigenvalue weighted by Gasteiger charge is -2.10. The van der Waals surface area contributed by atoms with Crippen LogP contribution in [0.4, 0.5) is 0 Å². The smallest absolute Gasteiger partial charge is 0.108 e. The third-order valence-corrected chi connectivity index (χ3v) is 2.01. The Hall–Kier alpha value is 0.390. The molecule has 0 rings (SSSR count). The maximum absolute atomic E-state index is 3.34. The molecule has 0 aromatic rings. The van der Waals surface area contributed by atoms with Crippen LogP contribution in [0.1, 0.15) is 6.92 Å². The molecule has 0 fully saturated rings. The summed E-state index contributed by atoms with van der Waals surface area (Å²) in [6.45, 7) is 10.3. The highest BCUT2D eigenvalue weighted by Crippen LogP contribution is 2.44. The fourth-order valence-corrected chi connectivity index (χ4v) is 1.34. The highest BCUT2D eigenvalue weighted by Gasteiger charge is 2.14. The lowest BCUT2D eigenvalue weighted by Crippen LogP contribution is -2.15. The van der Waals surface area contributed by atoms with Crippen LogP contribution < -0.4 is 5.32 Å². The van der Waals surface area contributed by atoms with Crippen molar-refractivity contribution in [3.05, 3.63) is 0 Å². The van der Waals surface area contributed by atoms with E-state index in [4.69, 9.17) is 0 Å². The number of nitrogens with one attached hydrogen (secondary N) is 1. The van der Waals surface area contributed by atoms with E-state index in [0.29, 0.717) is 0 Å². The van der Waals surface area contributed by atoms with Gasteiger partial charge in [0.05, 0.1) is 0 Å². The second-order valence-electron chi connectivity index (χ2n) is 3.05. The SMILES string of the molecule is CCNC[P+](C)(C)C. The van der Waals surface area contributed by atoms with Gasteiger partial charge in [0.2, 0.25) is 0 Å². The zero-order valence-corrected chi connectivity index (χ0v) is 7.26. The van der Waals surface area contributed by atoms with E-state index in [9.17, 15) is 0 Å². The molecule has 0 saturated heterocycles. The van der Waals surface area contributed by atoms with Gasteiger partial charge in [-0.15, -0.1) is 0 Å². The Kier molecular flexibility index (Phi) is 3.59. The zero-order valence-electron chi connectivity index (χ0n) is 6.36. The molecule has 0 aliphatic rings. The van der Waals surface area contributed by atoms with E-state index in [1.165, 1.54) is 6.29 Å². The molecule has 0 bridgehead atoms. The molecule has 50 valence electrons. The predicted octanol–water partition coefficient (Wildman–Crippen LogP) is 1.46. The Morgan fingerprint density at radius 2 is 1.75 bits per heavy atom. The van der Waals surface area contributed by atoms with Crippen molar-refractivity contribution in [3.63, 3.8) is 0 Å². The lowest BCUT2D eigenvalue weighted by molar-refractivity contribution is 0.831. The van der Waals surface area contributed by atoms with Crippen LogP contribution in [-0.4, -0.2) is 32.8 Å². The molecule has 0 aliphatic carbocycles. The molecule has 0 amide bonds.